The van der Waals surface area contributed by atoms with Crippen LogP contribution in [-0.2, 0) is 9.53 Å². The third kappa shape index (κ3) is 2.46. The van der Waals surface area contributed by atoms with E-state index >= 15 is 0 Å². The van der Waals surface area contributed by atoms with Gasteiger partial charge in [-0.2, -0.15) is 0 Å². The van der Waals surface area contributed by atoms with Crippen LogP contribution < -0.4 is 10.1 Å². The van der Waals surface area contributed by atoms with Crippen molar-refractivity contribution < 1.29 is 19.1 Å². The monoisotopic (exact) mass is 326 g/mol. The number of aromatic amines is 1. The van der Waals surface area contributed by atoms with Gasteiger partial charge in [0.05, 0.1) is 25.5 Å². The number of aromatic nitrogens is 1. The Morgan fingerprint density at radius 3 is 2.54 bits per heavy atom. The lowest BCUT2D eigenvalue weighted by molar-refractivity contribution is -0.110. The van der Waals surface area contributed by atoms with Gasteiger partial charge in [-0.3, -0.25) is 4.79 Å². The summed E-state index contributed by atoms with van der Waals surface area (Å²) in [6, 6.07) is 5.34. The summed E-state index contributed by atoms with van der Waals surface area (Å²) in [5.74, 6) is -0.456. The number of amides is 1. The predicted octanol–water partition coefficient (Wildman–Crippen LogP) is 2.92. The lowest BCUT2D eigenvalue weighted by Crippen LogP contribution is -2.08. The summed E-state index contributed by atoms with van der Waals surface area (Å²) in [5.41, 5.74) is 4.54. The second kappa shape index (κ2) is 5.88. The number of hydrogen-bond acceptors (Lipinski definition) is 4. The minimum absolute atomic E-state index is 0.239. The fourth-order valence-corrected chi connectivity index (χ4v) is 2.93. The molecule has 0 spiro atoms. The number of ether oxygens (including phenoxy) is 2. The summed E-state index contributed by atoms with van der Waals surface area (Å²) in [6.07, 6.45) is 1.75. The van der Waals surface area contributed by atoms with Gasteiger partial charge >= 0.3 is 5.97 Å². The van der Waals surface area contributed by atoms with Gasteiger partial charge < -0.3 is 19.8 Å². The van der Waals surface area contributed by atoms with Crippen molar-refractivity contribution in [1.29, 1.82) is 0 Å². The van der Waals surface area contributed by atoms with Crippen LogP contribution in [0.25, 0.3) is 11.6 Å². The summed E-state index contributed by atoms with van der Waals surface area (Å²) in [6.45, 7) is 3.90. The van der Waals surface area contributed by atoms with Crippen molar-refractivity contribution in [2.45, 2.75) is 13.8 Å². The van der Waals surface area contributed by atoms with Gasteiger partial charge in [0.2, 0.25) is 0 Å². The van der Waals surface area contributed by atoms with E-state index in [-0.39, 0.29) is 11.5 Å². The first-order valence-corrected chi connectivity index (χ1v) is 7.45. The Bertz CT molecular complexity index is 877. The molecule has 2 N–H and O–H groups in total. The average Bonchev–Trinajstić information content (AvgIpc) is 3.05. The maximum atomic E-state index is 12.4. The van der Waals surface area contributed by atoms with E-state index in [1.165, 1.54) is 14.2 Å². The molecule has 1 aliphatic rings. The molecule has 0 fully saturated rings. The highest BCUT2D eigenvalue weighted by Crippen LogP contribution is 2.40. The molecule has 0 saturated heterocycles. The van der Waals surface area contributed by atoms with Gasteiger partial charge in [0.1, 0.15) is 11.3 Å². The lowest BCUT2D eigenvalue weighted by Gasteiger charge is -2.11. The second-order valence-electron chi connectivity index (χ2n) is 5.62. The first-order chi connectivity index (χ1) is 11.5. The molecule has 2 aromatic rings. The van der Waals surface area contributed by atoms with Crippen molar-refractivity contribution in [2.75, 3.05) is 19.5 Å². The minimum atomic E-state index is -0.550. The first-order valence-electron chi connectivity index (χ1n) is 7.45. The molecule has 2 heterocycles. The number of anilines is 1. The molecule has 1 amide bonds. The normalized spacial score (nSPS) is 14.5. The Labute approximate surface area is 139 Å². The largest absolute Gasteiger partial charge is 0.496 e. The number of hydrogen-bond donors (Lipinski definition) is 2. The zero-order valence-electron chi connectivity index (χ0n) is 13.9. The number of H-pyrrole nitrogens is 1. The van der Waals surface area contributed by atoms with Crippen LogP contribution >= 0.6 is 0 Å². The molecule has 0 atom stereocenters. The standard InChI is InChI=1S/C18H18N2O4/c1-9-7-10(2)19-13(9)8-11-15-12(20-17(11)21)5-6-14(23-3)16(15)18(22)24-4/h5-8,19H,1-4H3,(H,20,21)/b11-8-. The molecule has 0 saturated carbocycles. The molecule has 1 aromatic heterocycles. The van der Waals surface area contributed by atoms with E-state index in [1.807, 2.05) is 19.9 Å². The number of rotatable bonds is 3. The van der Waals surface area contributed by atoms with Crippen molar-refractivity contribution in [3.8, 4) is 5.75 Å². The van der Waals surface area contributed by atoms with Gasteiger partial charge in [0.25, 0.3) is 5.91 Å². The molecular formula is C18H18N2O4. The Balaban J connectivity index is 2.25. The highest BCUT2D eigenvalue weighted by atomic mass is 16.5. The SMILES string of the molecule is COC(=O)c1c(OC)ccc2c1/C(=C/c1[nH]c(C)cc1C)C(=O)N2. The molecule has 0 aliphatic carbocycles. The average molecular weight is 326 g/mol. The number of methoxy groups -OCH3 is 2. The van der Waals surface area contributed by atoms with Crippen LogP contribution in [-0.4, -0.2) is 31.1 Å². The number of aryl methyl sites for hydroxylation is 2. The number of carbonyl (C=O) groups excluding carboxylic acids is 2. The van der Waals surface area contributed by atoms with Crippen LogP contribution in [0.5, 0.6) is 5.75 Å². The summed E-state index contributed by atoms with van der Waals surface area (Å²) in [5, 5.41) is 2.78. The maximum Gasteiger partial charge on any atom is 0.342 e. The smallest absolute Gasteiger partial charge is 0.342 e. The maximum absolute atomic E-state index is 12.4. The summed E-state index contributed by atoms with van der Waals surface area (Å²) < 4.78 is 10.2. The van der Waals surface area contributed by atoms with E-state index in [0.717, 1.165) is 17.0 Å². The molecule has 6 nitrogen and oxygen atoms in total. The number of benzene rings is 1. The van der Waals surface area contributed by atoms with E-state index in [1.54, 1.807) is 18.2 Å². The van der Waals surface area contributed by atoms with Crippen LogP contribution in [0.15, 0.2) is 18.2 Å². The van der Waals surface area contributed by atoms with E-state index < -0.39 is 5.97 Å². The topological polar surface area (TPSA) is 80.4 Å². The van der Waals surface area contributed by atoms with Crippen molar-refractivity contribution in [1.82, 2.24) is 4.98 Å². The van der Waals surface area contributed by atoms with Crippen molar-refractivity contribution in [2.24, 2.45) is 0 Å². The molecular weight excluding hydrogens is 308 g/mol. The molecule has 124 valence electrons. The summed E-state index contributed by atoms with van der Waals surface area (Å²) in [4.78, 5) is 27.9. The molecule has 1 aromatic carbocycles. The molecule has 3 rings (SSSR count). The van der Waals surface area contributed by atoms with Crippen LogP contribution in [0.2, 0.25) is 0 Å². The number of fused-ring (bicyclic) bond motifs is 1. The molecule has 0 radical (unpaired) electrons. The van der Waals surface area contributed by atoms with Crippen molar-refractivity contribution >= 4 is 29.2 Å². The molecule has 6 heteroatoms. The van der Waals surface area contributed by atoms with E-state index in [4.69, 9.17) is 9.47 Å². The van der Waals surface area contributed by atoms with Gasteiger partial charge in [0, 0.05) is 17.0 Å². The Morgan fingerprint density at radius 2 is 1.96 bits per heavy atom. The third-order valence-corrected chi connectivity index (χ3v) is 4.02. The summed E-state index contributed by atoms with van der Waals surface area (Å²) >= 11 is 0. The summed E-state index contributed by atoms with van der Waals surface area (Å²) in [7, 11) is 2.77. The van der Waals surface area contributed by atoms with Crippen molar-refractivity contribution in [3.05, 3.63) is 46.3 Å². The van der Waals surface area contributed by atoms with Gasteiger partial charge in [-0.05, 0) is 43.7 Å². The number of carbonyl (C=O) groups is 2. The quantitative estimate of drug-likeness (QED) is 0.671. The lowest BCUT2D eigenvalue weighted by atomic mass is 9.98. The molecule has 1 aliphatic heterocycles. The van der Waals surface area contributed by atoms with Crippen LogP contribution in [0, 0.1) is 13.8 Å². The second-order valence-corrected chi connectivity index (χ2v) is 5.62. The van der Waals surface area contributed by atoms with E-state index in [0.29, 0.717) is 22.6 Å². The fourth-order valence-electron chi connectivity index (χ4n) is 2.93. The molecule has 0 bridgehead atoms. The van der Waals surface area contributed by atoms with E-state index in [9.17, 15) is 9.59 Å². The highest BCUT2D eigenvalue weighted by molar-refractivity contribution is 6.36. The van der Waals surface area contributed by atoms with E-state index in [2.05, 4.69) is 10.3 Å². The third-order valence-electron chi connectivity index (χ3n) is 4.02. The van der Waals surface area contributed by atoms with Crippen molar-refractivity contribution in [3.63, 3.8) is 0 Å². The van der Waals surface area contributed by atoms with Crippen LogP contribution in [0.3, 0.4) is 0 Å². The fraction of sp³-hybridized carbons (Fsp3) is 0.222. The number of nitrogens with one attached hydrogen (secondary N) is 2. The van der Waals surface area contributed by atoms with Gasteiger partial charge in [-0.25, -0.2) is 4.79 Å². The molecule has 0 unspecified atom stereocenters. The van der Waals surface area contributed by atoms with Gasteiger partial charge in [-0.1, -0.05) is 0 Å². The zero-order chi connectivity index (χ0) is 17.4. The minimum Gasteiger partial charge on any atom is -0.496 e. The van der Waals surface area contributed by atoms with Crippen LogP contribution in [0.1, 0.15) is 32.9 Å². The zero-order valence-corrected chi connectivity index (χ0v) is 13.9. The Hall–Kier alpha value is -3.02. The Morgan fingerprint density at radius 1 is 1.21 bits per heavy atom. The van der Waals surface area contributed by atoms with Gasteiger partial charge in [-0.15, -0.1) is 0 Å². The highest BCUT2D eigenvalue weighted by Gasteiger charge is 2.32. The predicted molar refractivity (Wildman–Crippen MR) is 91.1 cm³/mol. The van der Waals surface area contributed by atoms with Crippen LogP contribution in [0.4, 0.5) is 5.69 Å². The van der Waals surface area contributed by atoms with Gasteiger partial charge in [0.15, 0.2) is 0 Å². The number of esters is 1. The molecule has 24 heavy (non-hydrogen) atoms. The Kier molecular flexibility index (Phi) is 3.89. The first kappa shape index (κ1) is 15.9.